The Morgan fingerprint density at radius 1 is 1.67 bits per heavy atom. The largest absolute Gasteiger partial charge is 0.480 e. The standard InChI is InChI=1S/C12H17N3O3/c1-8-3-2-4-12(7-8,11(17)18)15-9-10(16)14-6-5-13-9/h5-6,8H,2-4,7H2,1H3,(H,13,15)(H,14,16)(H,17,18). The summed E-state index contributed by atoms with van der Waals surface area (Å²) in [7, 11) is 0. The van der Waals surface area contributed by atoms with Crippen molar-refractivity contribution in [3.05, 3.63) is 22.7 Å². The van der Waals surface area contributed by atoms with Crippen LogP contribution < -0.4 is 10.9 Å². The number of aliphatic carboxylic acids is 1. The number of rotatable bonds is 3. The highest BCUT2D eigenvalue weighted by atomic mass is 16.4. The molecular formula is C12H17N3O3. The van der Waals surface area contributed by atoms with E-state index < -0.39 is 17.1 Å². The van der Waals surface area contributed by atoms with Crippen LogP contribution in [0.3, 0.4) is 0 Å². The minimum atomic E-state index is -1.07. The summed E-state index contributed by atoms with van der Waals surface area (Å²) in [5.41, 5.74) is -1.46. The molecule has 0 aromatic carbocycles. The first-order valence-corrected chi connectivity index (χ1v) is 6.09. The van der Waals surface area contributed by atoms with E-state index in [4.69, 9.17) is 0 Å². The molecule has 1 fully saturated rings. The van der Waals surface area contributed by atoms with Crippen molar-refractivity contribution in [3.8, 4) is 0 Å². The van der Waals surface area contributed by atoms with Gasteiger partial charge in [-0.25, -0.2) is 9.78 Å². The summed E-state index contributed by atoms with van der Waals surface area (Å²) in [6.07, 6.45) is 5.75. The number of carboxylic acids is 1. The lowest BCUT2D eigenvalue weighted by atomic mass is 9.76. The van der Waals surface area contributed by atoms with Gasteiger partial charge in [0.25, 0.3) is 5.56 Å². The van der Waals surface area contributed by atoms with Gasteiger partial charge in [-0.2, -0.15) is 0 Å². The second-order valence-corrected chi connectivity index (χ2v) is 4.98. The zero-order valence-corrected chi connectivity index (χ0v) is 10.3. The minimum absolute atomic E-state index is 0.0778. The summed E-state index contributed by atoms with van der Waals surface area (Å²) < 4.78 is 0. The van der Waals surface area contributed by atoms with E-state index in [9.17, 15) is 14.7 Å². The van der Waals surface area contributed by atoms with Gasteiger partial charge in [0.1, 0.15) is 5.54 Å². The van der Waals surface area contributed by atoms with E-state index in [1.54, 1.807) is 0 Å². The fraction of sp³-hybridized carbons (Fsp3) is 0.583. The highest BCUT2D eigenvalue weighted by Gasteiger charge is 2.42. The quantitative estimate of drug-likeness (QED) is 0.750. The van der Waals surface area contributed by atoms with E-state index in [2.05, 4.69) is 15.3 Å². The van der Waals surface area contributed by atoms with Crippen molar-refractivity contribution in [2.24, 2.45) is 5.92 Å². The number of hydrogen-bond acceptors (Lipinski definition) is 4. The third-order valence-corrected chi connectivity index (χ3v) is 3.47. The number of hydrogen-bond donors (Lipinski definition) is 3. The molecule has 98 valence electrons. The predicted molar refractivity (Wildman–Crippen MR) is 66.5 cm³/mol. The summed E-state index contributed by atoms with van der Waals surface area (Å²) >= 11 is 0. The molecule has 0 amide bonds. The summed E-state index contributed by atoms with van der Waals surface area (Å²) in [4.78, 5) is 29.5. The van der Waals surface area contributed by atoms with Crippen LogP contribution in [0.25, 0.3) is 0 Å². The first-order valence-electron chi connectivity index (χ1n) is 6.09. The SMILES string of the molecule is CC1CCCC(Nc2ncc[nH]c2=O)(C(=O)O)C1. The third kappa shape index (κ3) is 2.37. The molecule has 6 heteroatoms. The molecule has 6 nitrogen and oxygen atoms in total. The summed E-state index contributed by atoms with van der Waals surface area (Å²) in [5.74, 6) is -0.516. The molecule has 0 radical (unpaired) electrons. The fourth-order valence-electron chi connectivity index (χ4n) is 2.58. The van der Waals surface area contributed by atoms with Crippen LogP contribution in [-0.2, 0) is 4.79 Å². The topological polar surface area (TPSA) is 95.1 Å². The van der Waals surface area contributed by atoms with Crippen LogP contribution in [0.4, 0.5) is 5.82 Å². The molecule has 1 heterocycles. The van der Waals surface area contributed by atoms with E-state index >= 15 is 0 Å². The average Bonchev–Trinajstić information content (AvgIpc) is 2.32. The normalized spacial score (nSPS) is 27.7. The Morgan fingerprint density at radius 3 is 3.06 bits per heavy atom. The van der Waals surface area contributed by atoms with E-state index in [1.807, 2.05) is 6.92 Å². The molecule has 18 heavy (non-hydrogen) atoms. The van der Waals surface area contributed by atoms with Gasteiger partial charge in [-0.05, 0) is 18.8 Å². The van der Waals surface area contributed by atoms with E-state index in [-0.39, 0.29) is 5.82 Å². The summed E-state index contributed by atoms with van der Waals surface area (Å²) in [5, 5.41) is 12.3. The van der Waals surface area contributed by atoms with E-state index in [0.717, 1.165) is 12.8 Å². The number of aromatic nitrogens is 2. The smallest absolute Gasteiger partial charge is 0.329 e. The van der Waals surface area contributed by atoms with Gasteiger partial charge in [0.2, 0.25) is 0 Å². The molecular weight excluding hydrogens is 234 g/mol. The lowest BCUT2D eigenvalue weighted by Crippen LogP contribution is -2.50. The summed E-state index contributed by atoms with van der Waals surface area (Å²) in [6, 6.07) is 0. The zero-order valence-electron chi connectivity index (χ0n) is 10.3. The van der Waals surface area contributed by atoms with E-state index in [1.165, 1.54) is 12.4 Å². The first kappa shape index (κ1) is 12.6. The van der Waals surface area contributed by atoms with Crippen LogP contribution in [0.5, 0.6) is 0 Å². The minimum Gasteiger partial charge on any atom is -0.480 e. The van der Waals surface area contributed by atoms with Gasteiger partial charge in [-0.1, -0.05) is 19.8 Å². The van der Waals surface area contributed by atoms with Crippen molar-refractivity contribution < 1.29 is 9.90 Å². The van der Waals surface area contributed by atoms with Crippen molar-refractivity contribution in [2.75, 3.05) is 5.32 Å². The number of nitrogens with one attached hydrogen (secondary N) is 2. The van der Waals surface area contributed by atoms with Gasteiger partial charge in [-0.15, -0.1) is 0 Å². The van der Waals surface area contributed by atoms with Crippen LogP contribution in [0.1, 0.15) is 32.6 Å². The van der Waals surface area contributed by atoms with Crippen molar-refractivity contribution in [2.45, 2.75) is 38.1 Å². The molecule has 0 aliphatic heterocycles. The van der Waals surface area contributed by atoms with Gasteiger partial charge in [-0.3, -0.25) is 4.79 Å². The second-order valence-electron chi connectivity index (χ2n) is 4.98. The molecule has 1 aromatic rings. The number of aromatic amines is 1. The number of nitrogens with zero attached hydrogens (tertiary/aromatic N) is 1. The van der Waals surface area contributed by atoms with Gasteiger partial charge < -0.3 is 15.4 Å². The molecule has 2 unspecified atom stereocenters. The number of carboxylic acid groups (broad SMARTS) is 1. The Morgan fingerprint density at radius 2 is 2.44 bits per heavy atom. The zero-order chi connectivity index (χ0) is 13.2. The molecule has 1 aromatic heterocycles. The maximum absolute atomic E-state index is 11.6. The summed E-state index contributed by atoms with van der Waals surface area (Å²) in [6.45, 7) is 2.03. The molecule has 1 saturated carbocycles. The lowest BCUT2D eigenvalue weighted by Gasteiger charge is -2.37. The molecule has 0 saturated heterocycles. The molecule has 1 aliphatic rings. The lowest BCUT2D eigenvalue weighted by molar-refractivity contribution is -0.144. The van der Waals surface area contributed by atoms with Gasteiger partial charge in [0, 0.05) is 12.4 Å². The van der Waals surface area contributed by atoms with E-state index in [0.29, 0.717) is 18.8 Å². The maximum atomic E-state index is 11.6. The highest BCUT2D eigenvalue weighted by Crippen LogP contribution is 2.34. The third-order valence-electron chi connectivity index (χ3n) is 3.47. The van der Waals surface area contributed by atoms with Gasteiger partial charge in [0.15, 0.2) is 5.82 Å². The molecule has 0 bridgehead atoms. The molecule has 2 rings (SSSR count). The Bertz CT molecular complexity index is 499. The fourth-order valence-corrected chi connectivity index (χ4v) is 2.58. The van der Waals surface area contributed by atoms with Crippen molar-refractivity contribution in [1.82, 2.24) is 9.97 Å². The Hall–Kier alpha value is -1.85. The van der Waals surface area contributed by atoms with Crippen molar-refractivity contribution in [3.63, 3.8) is 0 Å². The Labute approximate surface area is 104 Å². The molecule has 0 spiro atoms. The van der Waals surface area contributed by atoms with Crippen LogP contribution in [0, 0.1) is 5.92 Å². The highest BCUT2D eigenvalue weighted by molar-refractivity contribution is 5.82. The molecule has 3 N–H and O–H groups in total. The van der Waals surface area contributed by atoms with Gasteiger partial charge in [0.05, 0.1) is 0 Å². The van der Waals surface area contributed by atoms with Crippen LogP contribution in [-0.4, -0.2) is 26.6 Å². The first-order chi connectivity index (χ1) is 8.53. The van der Waals surface area contributed by atoms with Gasteiger partial charge >= 0.3 is 5.97 Å². The average molecular weight is 251 g/mol. The van der Waals surface area contributed by atoms with Crippen LogP contribution >= 0.6 is 0 Å². The number of anilines is 1. The monoisotopic (exact) mass is 251 g/mol. The number of carbonyl (C=O) groups is 1. The predicted octanol–water partition coefficient (Wildman–Crippen LogP) is 1.22. The molecule has 1 aliphatic carbocycles. The van der Waals surface area contributed by atoms with Crippen LogP contribution in [0.2, 0.25) is 0 Å². The second kappa shape index (κ2) is 4.80. The molecule has 2 atom stereocenters. The van der Waals surface area contributed by atoms with Crippen molar-refractivity contribution >= 4 is 11.8 Å². The Kier molecular flexibility index (Phi) is 3.36. The van der Waals surface area contributed by atoms with Crippen LogP contribution in [0.15, 0.2) is 17.2 Å². The Balaban J connectivity index is 2.29. The number of H-pyrrole nitrogens is 1. The maximum Gasteiger partial charge on any atom is 0.329 e. The van der Waals surface area contributed by atoms with Crippen molar-refractivity contribution in [1.29, 1.82) is 0 Å².